The molecule has 1 saturated heterocycles. The molecule has 4 rings (SSSR count). The SMILES string of the molecule is Cc1ccc2nc(C)n(C3CCN(C(=O)Cc4ccc(N(C)C)cc4)CC3)c2c1. The number of imidazole rings is 1. The van der Waals surface area contributed by atoms with Crippen LogP contribution >= 0.6 is 0 Å². The Bertz CT molecular complexity index is 1010. The molecule has 0 spiro atoms. The summed E-state index contributed by atoms with van der Waals surface area (Å²) in [6.45, 7) is 5.83. The molecule has 1 aliphatic heterocycles. The third kappa shape index (κ3) is 4.00. The number of piperidine rings is 1. The van der Waals surface area contributed by atoms with E-state index in [4.69, 9.17) is 4.98 Å². The summed E-state index contributed by atoms with van der Waals surface area (Å²) >= 11 is 0. The Labute approximate surface area is 172 Å². The van der Waals surface area contributed by atoms with E-state index in [0.717, 1.165) is 48.5 Å². The fourth-order valence-electron chi connectivity index (χ4n) is 4.36. The Hall–Kier alpha value is -2.82. The largest absolute Gasteiger partial charge is 0.378 e. The number of hydrogen-bond donors (Lipinski definition) is 0. The van der Waals surface area contributed by atoms with Crippen LogP contribution in [-0.4, -0.2) is 47.5 Å². The number of nitrogens with zero attached hydrogens (tertiary/aromatic N) is 4. The maximum absolute atomic E-state index is 12.8. The number of aryl methyl sites for hydroxylation is 2. The fourth-order valence-corrected chi connectivity index (χ4v) is 4.36. The van der Waals surface area contributed by atoms with Gasteiger partial charge in [-0.15, -0.1) is 0 Å². The molecular formula is C24H30N4O. The zero-order valence-electron chi connectivity index (χ0n) is 17.9. The molecule has 152 valence electrons. The highest BCUT2D eigenvalue weighted by molar-refractivity contribution is 5.79. The highest BCUT2D eigenvalue weighted by Gasteiger charge is 2.26. The molecule has 0 radical (unpaired) electrons. The number of rotatable bonds is 4. The first-order chi connectivity index (χ1) is 13.9. The number of likely N-dealkylation sites (tertiary alicyclic amines) is 1. The van der Waals surface area contributed by atoms with E-state index in [1.807, 2.05) is 19.0 Å². The molecule has 3 aromatic rings. The van der Waals surface area contributed by atoms with E-state index in [1.165, 1.54) is 11.1 Å². The predicted octanol–water partition coefficient (Wildman–Crippen LogP) is 4.13. The molecule has 5 heteroatoms. The van der Waals surface area contributed by atoms with Crippen LogP contribution in [0, 0.1) is 13.8 Å². The van der Waals surface area contributed by atoms with Gasteiger partial charge in [0.15, 0.2) is 0 Å². The van der Waals surface area contributed by atoms with Crippen LogP contribution in [0.5, 0.6) is 0 Å². The second-order valence-corrected chi connectivity index (χ2v) is 8.37. The van der Waals surface area contributed by atoms with Crippen molar-refractivity contribution in [2.75, 3.05) is 32.1 Å². The molecule has 1 fully saturated rings. The van der Waals surface area contributed by atoms with E-state index in [2.05, 4.69) is 65.8 Å². The number of carbonyl (C=O) groups excluding carboxylic acids is 1. The van der Waals surface area contributed by atoms with Crippen LogP contribution in [0.1, 0.15) is 35.8 Å². The number of anilines is 1. The summed E-state index contributed by atoms with van der Waals surface area (Å²) in [5.41, 5.74) is 5.77. The Morgan fingerprint density at radius 1 is 1.07 bits per heavy atom. The molecule has 5 nitrogen and oxygen atoms in total. The molecule has 29 heavy (non-hydrogen) atoms. The van der Waals surface area contributed by atoms with E-state index in [0.29, 0.717) is 12.5 Å². The van der Waals surface area contributed by atoms with Gasteiger partial charge < -0.3 is 14.4 Å². The minimum atomic E-state index is 0.226. The van der Waals surface area contributed by atoms with Gasteiger partial charge in [0.25, 0.3) is 0 Å². The van der Waals surface area contributed by atoms with Crippen LogP contribution in [0.3, 0.4) is 0 Å². The third-order valence-electron chi connectivity index (χ3n) is 6.01. The molecule has 2 aromatic carbocycles. The maximum Gasteiger partial charge on any atom is 0.226 e. The van der Waals surface area contributed by atoms with Gasteiger partial charge in [0, 0.05) is 38.9 Å². The second kappa shape index (κ2) is 7.90. The maximum atomic E-state index is 12.8. The summed E-state index contributed by atoms with van der Waals surface area (Å²) in [6.07, 6.45) is 2.43. The van der Waals surface area contributed by atoms with Crippen LogP contribution in [-0.2, 0) is 11.2 Å². The molecule has 0 aliphatic carbocycles. The normalized spacial score (nSPS) is 15.1. The molecule has 0 bridgehead atoms. The van der Waals surface area contributed by atoms with Gasteiger partial charge >= 0.3 is 0 Å². The van der Waals surface area contributed by atoms with Gasteiger partial charge in [0.05, 0.1) is 17.5 Å². The zero-order chi connectivity index (χ0) is 20.5. The minimum Gasteiger partial charge on any atom is -0.378 e. The first kappa shape index (κ1) is 19.5. The lowest BCUT2D eigenvalue weighted by Crippen LogP contribution is -2.40. The lowest BCUT2D eigenvalue weighted by molar-refractivity contribution is -0.131. The van der Waals surface area contributed by atoms with E-state index in [1.54, 1.807) is 0 Å². The topological polar surface area (TPSA) is 41.4 Å². The number of benzene rings is 2. The predicted molar refractivity (Wildman–Crippen MR) is 119 cm³/mol. The molecule has 0 saturated carbocycles. The monoisotopic (exact) mass is 390 g/mol. The quantitative estimate of drug-likeness (QED) is 0.673. The standard InChI is InChI=1S/C24H30N4O/c1-17-5-10-22-23(15-17)28(18(2)25-22)21-11-13-27(14-12-21)24(29)16-19-6-8-20(9-7-19)26(3)4/h5-10,15,21H,11-14,16H2,1-4H3. The first-order valence-electron chi connectivity index (χ1n) is 10.4. The van der Waals surface area contributed by atoms with Gasteiger partial charge in [-0.05, 0) is 62.1 Å². The smallest absolute Gasteiger partial charge is 0.226 e. The second-order valence-electron chi connectivity index (χ2n) is 8.37. The van der Waals surface area contributed by atoms with Crippen molar-refractivity contribution in [1.82, 2.24) is 14.5 Å². The van der Waals surface area contributed by atoms with E-state index in [9.17, 15) is 4.79 Å². The Balaban J connectivity index is 1.41. The lowest BCUT2D eigenvalue weighted by atomic mass is 10.0. The van der Waals surface area contributed by atoms with E-state index in [-0.39, 0.29) is 5.91 Å². The van der Waals surface area contributed by atoms with Crippen LogP contribution in [0.25, 0.3) is 11.0 Å². The molecule has 2 heterocycles. The Morgan fingerprint density at radius 2 is 1.76 bits per heavy atom. The van der Waals surface area contributed by atoms with Crippen molar-refractivity contribution in [3.8, 4) is 0 Å². The van der Waals surface area contributed by atoms with Gasteiger partial charge in [-0.25, -0.2) is 4.98 Å². The highest BCUT2D eigenvalue weighted by atomic mass is 16.2. The van der Waals surface area contributed by atoms with Crippen LogP contribution < -0.4 is 4.90 Å². The van der Waals surface area contributed by atoms with Gasteiger partial charge in [0.2, 0.25) is 5.91 Å². The van der Waals surface area contributed by atoms with Gasteiger partial charge in [-0.2, -0.15) is 0 Å². The lowest BCUT2D eigenvalue weighted by Gasteiger charge is -2.33. The molecule has 1 aromatic heterocycles. The average Bonchev–Trinajstić information content (AvgIpc) is 3.03. The van der Waals surface area contributed by atoms with Gasteiger partial charge in [-0.3, -0.25) is 4.79 Å². The van der Waals surface area contributed by atoms with Crippen LogP contribution in [0.15, 0.2) is 42.5 Å². The molecule has 1 aliphatic rings. The Morgan fingerprint density at radius 3 is 2.41 bits per heavy atom. The van der Waals surface area contributed by atoms with Crippen molar-refractivity contribution >= 4 is 22.6 Å². The summed E-state index contributed by atoms with van der Waals surface area (Å²) in [4.78, 5) is 21.6. The van der Waals surface area contributed by atoms with Crippen molar-refractivity contribution in [3.05, 3.63) is 59.4 Å². The number of fused-ring (bicyclic) bond motifs is 1. The van der Waals surface area contributed by atoms with Crippen LogP contribution in [0.4, 0.5) is 5.69 Å². The molecule has 0 N–H and O–H groups in total. The van der Waals surface area contributed by atoms with Crippen LogP contribution in [0.2, 0.25) is 0 Å². The highest BCUT2D eigenvalue weighted by Crippen LogP contribution is 2.29. The average molecular weight is 391 g/mol. The summed E-state index contributed by atoms with van der Waals surface area (Å²) in [5, 5.41) is 0. The number of aromatic nitrogens is 2. The van der Waals surface area contributed by atoms with Crippen molar-refractivity contribution in [1.29, 1.82) is 0 Å². The summed E-state index contributed by atoms with van der Waals surface area (Å²) < 4.78 is 2.38. The van der Waals surface area contributed by atoms with Crippen molar-refractivity contribution in [3.63, 3.8) is 0 Å². The molecule has 0 atom stereocenters. The van der Waals surface area contributed by atoms with Gasteiger partial charge in [0.1, 0.15) is 5.82 Å². The number of hydrogen-bond acceptors (Lipinski definition) is 3. The number of amides is 1. The molecule has 0 unspecified atom stereocenters. The fraction of sp³-hybridized carbons (Fsp3) is 0.417. The van der Waals surface area contributed by atoms with Crippen molar-refractivity contribution < 1.29 is 4.79 Å². The first-order valence-corrected chi connectivity index (χ1v) is 10.4. The van der Waals surface area contributed by atoms with Gasteiger partial charge in [-0.1, -0.05) is 18.2 Å². The Kier molecular flexibility index (Phi) is 5.31. The third-order valence-corrected chi connectivity index (χ3v) is 6.01. The summed E-state index contributed by atoms with van der Waals surface area (Å²) in [5.74, 6) is 1.29. The van der Waals surface area contributed by atoms with E-state index >= 15 is 0 Å². The zero-order valence-corrected chi connectivity index (χ0v) is 17.9. The molecule has 1 amide bonds. The van der Waals surface area contributed by atoms with E-state index < -0.39 is 0 Å². The van der Waals surface area contributed by atoms with Crippen molar-refractivity contribution in [2.24, 2.45) is 0 Å². The number of carbonyl (C=O) groups is 1. The molecular weight excluding hydrogens is 360 g/mol. The minimum absolute atomic E-state index is 0.226. The summed E-state index contributed by atoms with van der Waals surface area (Å²) in [7, 11) is 4.05. The summed E-state index contributed by atoms with van der Waals surface area (Å²) in [6, 6.07) is 15.1. The van der Waals surface area contributed by atoms with Crippen molar-refractivity contribution in [2.45, 2.75) is 39.2 Å².